The van der Waals surface area contributed by atoms with Gasteiger partial charge in [-0.25, -0.2) is 4.98 Å². The molecule has 0 aromatic carbocycles. The highest BCUT2D eigenvalue weighted by Gasteiger charge is 2.07. The Labute approximate surface area is 90.9 Å². The van der Waals surface area contributed by atoms with Crippen LogP contribution < -0.4 is 5.32 Å². The average molecular weight is 210 g/mol. The van der Waals surface area contributed by atoms with Gasteiger partial charge < -0.3 is 5.32 Å². The van der Waals surface area contributed by atoms with Gasteiger partial charge in [0.15, 0.2) is 0 Å². The van der Waals surface area contributed by atoms with E-state index in [1.54, 1.807) is 6.07 Å². The molecule has 0 aliphatic rings. The van der Waals surface area contributed by atoms with Crippen molar-refractivity contribution < 1.29 is 4.39 Å². The molecule has 0 saturated heterocycles. The molecule has 1 aromatic rings. The van der Waals surface area contributed by atoms with E-state index in [0.717, 1.165) is 12.1 Å². The van der Waals surface area contributed by atoms with E-state index in [-0.39, 0.29) is 0 Å². The summed E-state index contributed by atoms with van der Waals surface area (Å²) in [5.74, 6) is 0.259. The number of hydrogen-bond acceptors (Lipinski definition) is 2. The van der Waals surface area contributed by atoms with E-state index in [4.69, 9.17) is 0 Å². The van der Waals surface area contributed by atoms with Gasteiger partial charge in [0.25, 0.3) is 0 Å². The molecule has 0 aliphatic carbocycles. The van der Waals surface area contributed by atoms with E-state index in [0.29, 0.717) is 12.0 Å². The molecule has 1 aromatic heterocycles. The highest BCUT2D eigenvalue weighted by molar-refractivity contribution is 5.41. The summed E-state index contributed by atoms with van der Waals surface area (Å²) in [5.41, 5.74) is 0.804. The van der Waals surface area contributed by atoms with Crippen LogP contribution in [0.15, 0.2) is 18.3 Å². The van der Waals surface area contributed by atoms with Crippen LogP contribution in [-0.4, -0.2) is 11.0 Å². The van der Waals surface area contributed by atoms with Crippen molar-refractivity contribution in [2.45, 2.75) is 39.7 Å². The second-order valence-corrected chi connectivity index (χ2v) is 4.16. The first-order valence-corrected chi connectivity index (χ1v) is 5.50. The molecule has 0 amide bonds. The summed E-state index contributed by atoms with van der Waals surface area (Å²) in [6, 6.07) is 3.57. The van der Waals surface area contributed by atoms with E-state index < -0.39 is 5.95 Å². The Balaban J connectivity index is 2.47. The van der Waals surface area contributed by atoms with Crippen molar-refractivity contribution in [2.75, 3.05) is 5.32 Å². The lowest BCUT2D eigenvalue weighted by atomic mass is 10.0. The van der Waals surface area contributed by atoms with E-state index >= 15 is 0 Å². The highest BCUT2D eigenvalue weighted by Crippen LogP contribution is 2.14. The molecule has 0 spiro atoms. The van der Waals surface area contributed by atoms with Crippen LogP contribution in [0, 0.1) is 11.9 Å². The molecule has 1 N–H and O–H groups in total. The Kier molecular flexibility index (Phi) is 4.53. The van der Waals surface area contributed by atoms with Crippen molar-refractivity contribution in [3.63, 3.8) is 0 Å². The first-order chi connectivity index (χ1) is 7.11. The normalized spacial score (nSPS) is 14.7. The van der Waals surface area contributed by atoms with E-state index in [9.17, 15) is 4.39 Å². The van der Waals surface area contributed by atoms with Gasteiger partial charge >= 0.3 is 0 Å². The number of aromatic nitrogens is 1. The summed E-state index contributed by atoms with van der Waals surface area (Å²) in [7, 11) is 0. The SMILES string of the molecule is CCC(C)CC(C)Nc1ccnc(F)c1. The fourth-order valence-electron chi connectivity index (χ4n) is 1.61. The Morgan fingerprint density at radius 2 is 2.20 bits per heavy atom. The lowest BCUT2D eigenvalue weighted by molar-refractivity contribution is 0.483. The lowest BCUT2D eigenvalue weighted by Gasteiger charge is -2.18. The molecule has 3 heteroatoms. The molecule has 1 rings (SSSR count). The smallest absolute Gasteiger partial charge is 0.214 e. The number of hydrogen-bond donors (Lipinski definition) is 1. The molecular formula is C12H19FN2. The number of rotatable bonds is 5. The van der Waals surface area contributed by atoms with E-state index in [1.165, 1.54) is 18.7 Å². The largest absolute Gasteiger partial charge is 0.382 e. The molecule has 2 atom stereocenters. The molecule has 2 nitrogen and oxygen atoms in total. The molecule has 2 unspecified atom stereocenters. The first-order valence-electron chi connectivity index (χ1n) is 5.50. The van der Waals surface area contributed by atoms with Gasteiger partial charge in [0.1, 0.15) is 0 Å². The third kappa shape index (κ3) is 4.28. The topological polar surface area (TPSA) is 24.9 Å². The average Bonchev–Trinajstić information content (AvgIpc) is 2.17. The van der Waals surface area contributed by atoms with Crippen molar-refractivity contribution in [2.24, 2.45) is 5.92 Å². The van der Waals surface area contributed by atoms with Crippen LogP contribution in [0.3, 0.4) is 0 Å². The van der Waals surface area contributed by atoms with Gasteiger partial charge in [0.2, 0.25) is 5.95 Å². The fourth-order valence-corrected chi connectivity index (χ4v) is 1.61. The van der Waals surface area contributed by atoms with Crippen LogP contribution in [-0.2, 0) is 0 Å². The van der Waals surface area contributed by atoms with Crippen molar-refractivity contribution >= 4 is 5.69 Å². The third-order valence-corrected chi connectivity index (χ3v) is 2.59. The maximum Gasteiger partial charge on any atom is 0.214 e. The maximum absolute atomic E-state index is 12.8. The van der Waals surface area contributed by atoms with Crippen molar-refractivity contribution in [1.82, 2.24) is 4.98 Å². The van der Waals surface area contributed by atoms with Crippen LogP contribution in [0.4, 0.5) is 10.1 Å². The zero-order valence-electron chi connectivity index (χ0n) is 9.63. The molecule has 84 valence electrons. The standard InChI is InChI=1S/C12H19FN2/c1-4-9(2)7-10(3)15-11-5-6-14-12(13)8-11/h5-6,8-10H,4,7H2,1-3H3,(H,14,15). The minimum atomic E-state index is -0.435. The van der Waals surface area contributed by atoms with Gasteiger partial charge in [-0.3, -0.25) is 0 Å². The summed E-state index contributed by atoms with van der Waals surface area (Å²) in [5, 5.41) is 3.27. The van der Waals surface area contributed by atoms with Gasteiger partial charge in [-0.15, -0.1) is 0 Å². The summed E-state index contributed by atoms with van der Waals surface area (Å²) < 4.78 is 12.8. The van der Waals surface area contributed by atoms with Crippen LogP contribution in [0.2, 0.25) is 0 Å². The second kappa shape index (κ2) is 5.69. The number of halogens is 1. The predicted octanol–water partition coefficient (Wildman–Crippen LogP) is 3.46. The van der Waals surface area contributed by atoms with Crippen LogP contribution >= 0.6 is 0 Å². The van der Waals surface area contributed by atoms with Gasteiger partial charge in [0.05, 0.1) is 0 Å². The highest BCUT2D eigenvalue weighted by atomic mass is 19.1. The Morgan fingerprint density at radius 3 is 2.80 bits per heavy atom. The van der Waals surface area contributed by atoms with Gasteiger partial charge in [0, 0.05) is 24.0 Å². The van der Waals surface area contributed by atoms with Gasteiger partial charge in [-0.1, -0.05) is 20.3 Å². The predicted molar refractivity (Wildman–Crippen MR) is 61.4 cm³/mol. The molecule has 15 heavy (non-hydrogen) atoms. The van der Waals surface area contributed by atoms with Crippen molar-refractivity contribution in [3.05, 3.63) is 24.3 Å². The number of anilines is 1. The molecule has 0 radical (unpaired) electrons. The minimum absolute atomic E-state index is 0.363. The summed E-state index contributed by atoms with van der Waals surface area (Å²) in [6.07, 6.45) is 3.75. The lowest BCUT2D eigenvalue weighted by Crippen LogP contribution is -2.18. The first kappa shape index (κ1) is 12.0. The van der Waals surface area contributed by atoms with Gasteiger partial charge in [-0.05, 0) is 25.3 Å². The Hall–Kier alpha value is -1.12. The Bertz CT molecular complexity index is 301. The third-order valence-electron chi connectivity index (χ3n) is 2.59. The molecule has 0 fully saturated rings. The van der Waals surface area contributed by atoms with Crippen LogP contribution in [0.5, 0.6) is 0 Å². The summed E-state index contributed by atoms with van der Waals surface area (Å²) >= 11 is 0. The van der Waals surface area contributed by atoms with E-state index in [1.807, 2.05) is 0 Å². The Morgan fingerprint density at radius 1 is 1.47 bits per heavy atom. The minimum Gasteiger partial charge on any atom is -0.382 e. The quantitative estimate of drug-likeness (QED) is 0.753. The summed E-state index contributed by atoms with van der Waals surface area (Å²) in [4.78, 5) is 3.52. The molecule has 1 heterocycles. The van der Waals surface area contributed by atoms with Crippen molar-refractivity contribution in [1.29, 1.82) is 0 Å². The molecule has 0 saturated carbocycles. The number of nitrogens with one attached hydrogen (secondary N) is 1. The maximum atomic E-state index is 12.8. The second-order valence-electron chi connectivity index (χ2n) is 4.16. The van der Waals surface area contributed by atoms with Crippen molar-refractivity contribution in [3.8, 4) is 0 Å². The monoisotopic (exact) mass is 210 g/mol. The van der Waals surface area contributed by atoms with Crippen LogP contribution in [0.25, 0.3) is 0 Å². The number of nitrogens with zero attached hydrogens (tertiary/aromatic N) is 1. The zero-order valence-corrected chi connectivity index (χ0v) is 9.63. The van der Waals surface area contributed by atoms with Gasteiger partial charge in [-0.2, -0.15) is 4.39 Å². The van der Waals surface area contributed by atoms with Crippen LogP contribution in [0.1, 0.15) is 33.6 Å². The fraction of sp³-hybridized carbons (Fsp3) is 0.583. The van der Waals surface area contributed by atoms with E-state index in [2.05, 4.69) is 31.1 Å². The molecule has 0 aliphatic heterocycles. The number of pyridine rings is 1. The zero-order chi connectivity index (χ0) is 11.3. The molecule has 0 bridgehead atoms. The summed E-state index contributed by atoms with van der Waals surface area (Å²) in [6.45, 7) is 6.53. The molecular weight excluding hydrogens is 191 g/mol.